The molecule has 0 aromatic rings. The van der Waals surface area contributed by atoms with E-state index in [1.165, 1.54) is 0 Å². The van der Waals surface area contributed by atoms with Gasteiger partial charge >= 0.3 is 0 Å². The molecule has 0 aromatic carbocycles. The van der Waals surface area contributed by atoms with Gasteiger partial charge in [0.2, 0.25) is 0 Å². The van der Waals surface area contributed by atoms with Crippen LogP contribution in [0.3, 0.4) is 0 Å². The SMILES string of the molecule is CSN1C(C)C(C)N(SC)C1C. The quantitative estimate of drug-likeness (QED) is 0.639. The van der Waals surface area contributed by atoms with Gasteiger partial charge in [-0.1, -0.05) is 23.9 Å². The maximum Gasteiger partial charge on any atom is 0.0795 e. The second-order valence-electron chi connectivity index (χ2n) is 3.20. The molecule has 2 nitrogen and oxygen atoms in total. The van der Waals surface area contributed by atoms with Crippen molar-refractivity contribution in [1.29, 1.82) is 0 Å². The first-order valence-electron chi connectivity index (χ1n) is 4.28. The van der Waals surface area contributed by atoms with Gasteiger partial charge in [0, 0.05) is 12.1 Å². The maximum atomic E-state index is 2.46. The molecule has 2 unspecified atom stereocenters. The lowest BCUT2D eigenvalue weighted by Gasteiger charge is -2.24. The minimum atomic E-state index is 0.556. The van der Waals surface area contributed by atoms with Gasteiger partial charge in [-0.2, -0.15) is 0 Å². The minimum Gasteiger partial charge on any atom is -0.229 e. The van der Waals surface area contributed by atoms with Crippen LogP contribution in [0.4, 0.5) is 0 Å². The monoisotopic (exact) mass is 206 g/mol. The van der Waals surface area contributed by atoms with E-state index in [0.717, 1.165) is 0 Å². The van der Waals surface area contributed by atoms with Crippen molar-refractivity contribution >= 4 is 23.9 Å². The molecule has 0 aliphatic carbocycles. The Hall–Kier alpha value is 0.620. The zero-order chi connectivity index (χ0) is 9.30. The first-order chi connectivity index (χ1) is 5.63. The van der Waals surface area contributed by atoms with Gasteiger partial charge in [0.25, 0.3) is 0 Å². The fourth-order valence-electron chi connectivity index (χ4n) is 1.86. The highest BCUT2D eigenvalue weighted by Gasteiger charge is 2.39. The fourth-order valence-corrected chi connectivity index (χ4v) is 3.75. The van der Waals surface area contributed by atoms with Crippen LogP contribution < -0.4 is 0 Å². The fraction of sp³-hybridized carbons (Fsp3) is 1.00. The lowest BCUT2D eigenvalue weighted by Crippen LogP contribution is -2.29. The van der Waals surface area contributed by atoms with Gasteiger partial charge < -0.3 is 0 Å². The summed E-state index contributed by atoms with van der Waals surface area (Å²) >= 11 is 3.70. The molecule has 1 aliphatic rings. The van der Waals surface area contributed by atoms with E-state index < -0.39 is 0 Å². The molecule has 1 rings (SSSR count). The van der Waals surface area contributed by atoms with Gasteiger partial charge in [-0.15, -0.1) is 0 Å². The van der Waals surface area contributed by atoms with Crippen molar-refractivity contribution in [3.8, 4) is 0 Å². The molecule has 0 saturated carbocycles. The van der Waals surface area contributed by atoms with E-state index in [9.17, 15) is 0 Å². The van der Waals surface area contributed by atoms with Crippen LogP contribution in [0.15, 0.2) is 0 Å². The smallest absolute Gasteiger partial charge is 0.0795 e. The summed E-state index contributed by atoms with van der Waals surface area (Å²) in [7, 11) is 0. The van der Waals surface area contributed by atoms with Crippen LogP contribution in [0.2, 0.25) is 0 Å². The van der Waals surface area contributed by atoms with E-state index in [2.05, 4.69) is 41.9 Å². The molecule has 72 valence electrons. The lowest BCUT2D eigenvalue weighted by molar-refractivity contribution is 0.327. The van der Waals surface area contributed by atoms with Crippen molar-refractivity contribution < 1.29 is 0 Å². The van der Waals surface area contributed by atoms with E-state index in [1.54, 1.807) is 0 Å². The van der Waals surface area contributed by atoms with E-state index in [-0.39, 0.29) is 0 Å². The molecule has 12 heavy (non-hydrogen) atoms. The van der Waals surface area contributed by atoms with Crippen molar-refractivity contribution in [3.63, 3.8) is 0 Å². The molecule has 0 bridgehead atoms. The Morgan fingerprint density at radius 1 is 0.833 bits per heavy atom. The average Bonchev–Trinajstić information content (AvgIpc) is 2.25. The third-order valence-corrected chi connectivity index (χ3v) is 4.78. The largest absolute Gasteiger partial charge is 0.229 e. The molecule has 4 heteroatoms. The van der Waals surface area contributed by atoms with Crippen molar-refractivity contribution in [2.75, 3.05) is 12.5 Å². The third kappa shape index (κ3) is 1.62. The summed E-state index contributed by atoms with van der Waals surface area (Å²) < 4.78 is 4.92. The normalized spacial score (nSPS) is 39.2. The van der Waals surface area contributed by atoms with Crippen molar-refractivity contribution in [2.24, 2.45) is 0 Å². The second kappa shape index (κ2) is 4.22. The zero-order valence-electron chi connectivity index (χ0n) is 8.44. The molecule has 0 N–H and O–H groups in total. The van der Waals surface area contributed by atoms with Crippen LogP contribution in [-0.4, -0.2) is 39.4 Å². The minimum absolute atomic E-state index is 0.556. The first kappa shape index (κ1) is 10.7. The highest BCUT2D eigenvalue weighted by atomic mass is 32.2. The maximum absolute atomic E-state index is 2.46. The molecule has 0 radical (unpaired) electrons. The van der Waals surface area contributed by atoms with Crippen LogP contribution in [0, 0.1) is 0 Å². The molecule has 0 aromatic heterocycles. The highest BCUT2D eigenvalue weighted by Crippen LogP contribution is 2.34. The molecule has 2 atom stereocenters. The molecule has 0 spiro atoms. The Labute approximate surface area is 84.3 Å². The van der Waals surface area contributed by atoms with Crippen LogP contribution in [0.5, 0.6) is 0 Å². The summed E-state index contributed by atoms with van der Waals surface area (Å²) in [5.74, 6) is 0. The molecule has 1 aliphatic heterocycles. The Morgan fingerprint density at radius 3 is 1.33 bits per heavy atom. The Bertz CT molecular complexity index is 138. The van der Waals surface area contributed by atoms with Crippen LogP contribution in [-0.2, 0) is 0 Å². The summed E-state index contributed by atoms with van der Waals surface area (Å²) in [6.45, 7) is 6.87. The molecular weight excluding hydrogens is 188 g/mol. The summed E-state index contributed by atoms with van der Waals surface area (Å²) in [5, 5.41) is 0. The number of hydrogen-bond acceptors (Lipinski definition) is 4. The summed E-state index contributed by atoms with van der Waals surface area (Å²) in [6.07, 6.45) is 4.87. The van der Waals surface area contributed by atoms with Gasteiger partial charge in [-0.3, -0.25) is 0 Å². The van der Waals surface area contributed by atoms with Crippen molar-refractivity contribution in [3.05, 3.63) is 0 Å². The second-order valence-corrected chi connectivity index (χ2v) is 4.77. The van der Waals surface area contributed by atoms with Crippen LogP contribution in [0.25, 0.3) is 0 Å². The van der Waals surface area contributed by atoms with E-state index >= 15 is 0 Å². The first-order valence-corrected chi connectivity index (χ1v) is 6.64. The topological polar surface area (TPSA) is 6.48 Å². The number of rotatable bonds is 2. The van der Waals surface area contributed by atoms with E-state index in [1.807, 2.05) is 23.9 Å². The number of hydrogen-bond donors (Lipinski definition) is 0. The average molecular weight is 206 g/mol. The molecule has 1 saturated heterocycles. The van der Waals surface area contributed by atoms with Gasteiger partial charge in [0.05, 0.1) is 6.17 Å². The Kier molecular flexibility index (Phi) is 3.76. The zero-order valence-corrected chi connectivity index (χ0v) is 10.1. The molecular formula is C8H18N2S2. The van der Waals surface area contributed by atoms with Crippen molar-refractivity contribution in [2.45, 2.75) is 39.0 Å². The predicted molar refractivity (Wildman–Crippen MR) is 59.1 cm³/mol. The Morgan fingerprint density at radius 2 is 1.17 bits per heavy atom. The van der Waals surface area contributed by atoms with Gasteiger partial charge in [0.1, 0.15) is 0 Å². The predicted octanol–water partition coefficient (Wildman–Crippen LogP) is 2.28. The van der Waals surface area contributed by atoms with Gasteiger partial charge in [-0.05, 0) is 33.3 Å². The van der Waals surface area contributed by atoms with E-state index in [0.29, 0.717) is 18.2 Å². The Balaban J connectivity index is 2.71. The van der Waals surface area contributed by atoms with Crippen LogP contribution >= 0.6 is 23.9 Å². The lowest BCUT2D eigenvalue weighted by atomic mass is 10.2. The van der Waals surface area contributed by atoms with E-state index in [4.69, 9.17) is 0 Å². The molecule has 1 fully saturated rings. The molecule has 0 amide bonds. The standard InChI is InChI=1S/C8H18N2S2/c1-6-7(2)10(12-5)8(3)9(6)11-4/h6-8H,1-5H3. The molecule has 1 heterocycles. The van der Waals surface area contributed by atoms with Gasteiger partial charge in [0.15, 0.2) is 0 Å². The van der Waals surface area contributed by atoms with Gasteiger partial charge in [-0.25, -0.2) is 8.61 Å². The summed E-state index contributed by atoms with van der Waals surface area (Å²) in [4.78, 5) is 0. The summed E-state index contributed by atoms with van der Waals surface area (Å²) in [5.41, 5.74) is 0. The van der Waals surface area contributed by atoms with Crippen molar-refractivity contribution in [1.82, 2.24) is 8.61 Å². The van der Waals surface area contributed by atoms with Crippen LogP contribution in [0.1, 0.15) is 20.8 Å². The third-order valence-electron chi connectivity index (χ3n) is 2.66. The summed E-state index contributed by atoms with van der Waals surface area (Å²) in [6, 6.07) is 1.31. The highest BCUT2D eigenvalue weighted by molar-refractivity contribution is 7.97. The number of nitrogens with zero attached hydrogens (tertiary/aromatic N) is 2.